The number of rotatable bonds is 2. The average Bonchev–Trinajstić information content (AvgIpc) is 2.24. The van der Waals surface area contributed by atoms with E-state index in [9.17, 15) is 0 Å². The fourth-order valence-electron chi connectivity index (χ4n) is 1.56. The van der Waals surface area contributed by atoms with Gasteiger partial charge in [0, 0.05) is 12.2 Å². The summed E-state index contributed by atoms with van der Waals surface area (Å²) in [6.45, 7) is 0. The number of aromatic nitrogens is 1. The fraction of sp³-hybridized carbons (Fsp3) is 0.500. The summed E-state index contributed by atoms with van der Waals surface area (Å²) < 4.78 is 0.938. The molecule has 0 aromatic carbocycles. The van der Waals surface area contributed by atoms with Crippen molar-refractivity contribution in [1.29, 1.82) is 0 Å². The van der Waals surface area contributed by atoms with Crippen molar-refractivity contribution >= 4 is 45.1 Å². The normalized spacial score (nSPS) is 17.7. The maximum Gasteiger partial charge on any atom is 0.140 e. The Balaban J connectivity index is 2.03. The lowest BCUT2D eigenvalue weighted by molar-refractivity contribution is 0.663. The van der Waals surface area contributed by atoms with Crippen molar-refractivity contribution in [2.75, 3.05) is 16.8 Å². The van der Waals surface area contributed by atoms with Crippen LogP contribution < -0.4 is 5.32 Å². The van der Waals surface area contributed by atoms with Crippen molar-refractivity contribution in [2.24, 2.45) is 0 Å². The van der Waals surface area contributed by atoms with Crippen LogP contribution in [-0.4, -0.2) is 22.5 Å². The second kappa shape index (κ2) is 5.41. The van der Waals surface area contributed by atoms with E-state index in [1.165, 1.54) is 24.3 Å². The molecule has 0 bridgehead atoms. The lowest BCUT2D eigenvalue weighted by atomic mass is 10.1. The predicted molar refractivity (Wildman–Crippen MR) is 70.9 cm³/mol. The smallest absolute Gasteiger partial charge is 0.140 e. The van der Waals surface area contributed by atoms with Crippen LogP contribution in [-0.2, 0) is 0 Å². The predicted octanol–water partition coefficient (Wildman–Crippen LogP) is 3.81. The molecule has 1 fully saturated rings. The Kier molecular flexibility index (Phi) is 4.17. The summed E-state index contributed by atoms with van der Waals surface area (Å²) in [6, 6.07) is 2.42. The van der Waals surface area contributed by atoms with Gasteiger partial charge in [-0.25, -0.2) is 4.98 Å². The Morgan fingerprint density at radius 1 is 1.47 bits per heavy atom. The van der Waals surface area contributed by atoms with Gasteiger partial charge in [-0.2, -0.15) is 11.8 Å². The molecule has 0 saturated carbocycles. The molecule has 1 aromatic heterocycles. The van der Waals surface area contributed by atoms with E-state index in [1.54, 1.807) is 6.20 Å². The molecule has 1 aromatic rings. The molecule has 0 spiro atoms. The summed E-state index contributed by atoms with van der Waals surface area (Å²) in [5.41, 5.74) is 0. The van der Waals surface area contributed by atoms with Gasteiger partial charge in [0.05, 0.1) is 9.50 Å². The molecule has 1 aliphatic heterocycles. The first kappa shape index (κ1) is 11.6. The second-order valence-electron chi connectivity index (χ2n) is 3.51. The number of hydrogen-bond donors (Lipinski definition) is 1. The van der Waals surface area contributed by atoms with E-state index in [0.29, 0.717) is 11.1 Å². The molecule has 1 aliphatic rings. The number of nitrogens with zero attached hydrogens (tertiary/aromatic N) is 1. The van der Waals surface area contributed by atoms with E-state index < -0.39 is 0 Å². The van der Waals surface area contributed by atoms with Crippen molar-refractivity contribution in [1.82, 2.24) is 4.98 Å². The first-order chi connectivity index (χ1) is 7.25. The van der Waals surface area contributed by atoms with E-state index in [2.05, 4.69) is 26.2 Å². The number of halogens is 2. The summed E-state index contributed by atoms with van der Waals surface area (Å²) in [5.74, 6) is 3.38. The molecule has 0 radical (unpaired) electrons. The molecule has 2 rings (SSSR count). The van der Waals surface area contributed by atoms with Gasteiger partial charge in [-0.1, -0.05) is 11.6 Å². The highest BCUT2D eigenvalue weighted by Crippen LogP contribution is 2.26. The molecular weight excluding hydrogens is 296 g/mol. The highest BCUT2D eigenvalue weighted by Gasteiger charge is 2.14. The maximum absolute atomic E-state index is 5.84. The van der Waals surface area contributed by atoms with Crippen LogP contribution in [0.1, 0.15) is 12.8 Å². The van der Waals surface area contributed by atoms with Gasteiger partial charge in [0.25, 0.3) is 0 Å². The third-order valence-electron chi connectivity index (χ3n) is 2.37. The van der Waals surface area contributed by atoms with Gasteiger partial charge in [-0.05, 0) is 46.3 Å². The van der Waals surface area contributed by atoms with Gasteiger partial charge in [0.15, 0.2) is 0 Å². The van der Waals surface area contributed by atoms with Crippen molar-refractivity contribution in [3.63, 3.8) is 0 Å². The summed E-state index contributed by atoms with van der Waals surface area (Å²) >= 11 is 11.3. The van der Waals surface area contributed by atoms with Gasteiger partial charge >= 0.3 is 0 Å². The molecule has 15 heavy (non-hydrogen) atoms. The molecule has 1 saturated heterocycles. The molecule has 0 unspecified atom stereocenters. The number of thioether (sulfide) groups is 1. The number of hydrogen-bond acceptors (Lipinski definition) is 3. The number of nitrogens with one attached hydrogen (secondary N) is 1. The first-order valence-corrected chi connectivity index (χ1v) is 7.23. The van der Waals surface area contributed by atoms with Crippen LogP contribution in [0.4, 0.5) is 5.82 Å². The molecule has 0 aliphatic carbocycles. The Morgan fingerprint density at radius 2 is 2.20 bits per heavy atom. The fourth-order valence-corrected chi connectivity index (χ4v) is 3.42. The molecule has 2 nitrogen and oxygen atoms in total. The van der Waals surface area contributed by atoms with Crippen molar-refractivity contribution in [3.05, 3.63) is 21.8 Å². The Labute approximate surface area is 107 Å². The SMILES string of the molecule is Clc1cnc(NC2CCSCC2)c(Br)c1. The summed E-state index contributed by atoms with van der Waals surface area (Å²) in [6.07, 6.45) is 4.09. The van der Waals surface area contributed by atoms with Crippen LogP contribution in [0.15, 0.2) is 16.7 Å². The van der Waals surface area contributed by atoms with Crippen LogP contribution in [0.5, 0.6) is 0 Å². The number of pyridine rings is 1. The van der Waals surface area contributed by atoms with E-state index in [0.717, 1.165) is 10.3 Å². The summed E-state index contributed by atoms with van der Waals surface area (Å²) in [7, 11) is 0. The van der Waals surface area contributed by atoms with Crippen molar-refractivity contribution in [2.45, 2.75) is 18.9 Å². The summed E-state index contributed by atoms with van der Waals surface area (Å²) in [4.78, 5) is 4.28. The van der Waals surface area contributed by atoms with Gasteiger partial charge in [-0.3, -0.25) is 0 Å². The molecule has 5 heteroatoms. The first-order valence-electron chi connectivity index (χ1n) is 4.91. The van der Waals surface area contributed by atoms with Gasteiger partial charge in [-0.15, -0.1) is 0 Å². The largest absolute Gasteiger partial charge is 0.366 e. The third-order valence-corrected chi connectivity index (χ3v) is 4.23. The van der Waals surface area contributed by atoms with E-state index in [1.807, 2.05) is 17.8 Å². The topological polar surface area (TPSA) is 24.9 Å². The molecule has 82 valence electrons. The van der Waals surface area contributed by atoms with Gasteiger partial charge in [0.1, 0.15) is 5.82 Å². The molecule has 0 amide bonds. The minimum atomic E-state index is 0.552. The summed E-state index contributed by atoms with van der Waals surface area (Å²) in [5, 5.41) is 4.11. The number of anilines is 1. The van der Waals surface area contributed by atoms with Crippen LogP contribution in [0.3, 0.4) is 0 Å². The second-order valence-corrected chi connectivity index (χ2v) is 6.03. The Morgan fingerprint density at radius 3 is 2.87 bits per heavy atom. The van der Waals surface area contributed by atoms with Crippen molar-refractivity contribution < 1.29 is 0 Å². The lowest BCUT2D eigenvalue weighted by Gasteiger charge is -2.23. The van der Waals surface area contributed by atoms with Gasteiger partial charge < -0.3 is 5.32 Å². The Hall–Kier alpha value is 0.0700. The highest BCUT2D eigenvalue weighted by molar-refractivity contribution is 9.10. The zero-order valence-corrected chi connectivity index (χ0v) is 11.3. The monoisotopic (exact) mass is 306 g/mol. The highest BCUT2D eigenvalue weighted by atomic mass is 79.9. The quantitative estimate of drug-likeness (QED) is 0.899. The van der Waals surface area contributed by atoms with Crippen LogP contribution in [0.2, 0.25) is 5.02 Å². The standard InChI is InChI=1S/C10H12BrClN2S/c11-9-5-7(12)6-13-10(9)14-8-1-3-15-4-2-8/h5-6,8H,1-4H2,(H,13,14). The van der Waals surface area contributed by atoms with E-state index >= 15 is 0 Å². The average molecular weight is 308 g/mol. The van der Waals surface area contributed by atoms with E-state index in [4.69, 9.17) is 11.6 Å². The zero-order chi connectivity index (χ0) is 10.7. The third kappa shape index (κ3) is 3.26. The lowest BCUT2D eigenvalue weighted by Crippen LogP contribution is -2.25. The van der Waals surface area contributed by atoms with Crippen LogP contribution in [0, 0.1) is 0 Å². The maximum atomic E-state index is 5.84. The molecule has 1 N–H and O–H groups in total. The zero-order valence-electron chi connectivity index (χ0n) is 8.17. The van der Waals surface area contributed by atoms with Gasteiger partial charge in [0.2, 0.25) is 0 Å². The molecular formula is C10H12BrClN2S. The van der Waals surface area contributed by atoms with Crippen LogP contribution >= 0.6 is 39.3 Å². The minimum Gasteiger partial charge on any atom is -0.366 e. The van der Waals surface area contributed by atoms with Crippen LogP contribution in [0.25, 0.3) is 0 Å². The molecule has 0 atom stereocenters. The minimum absolute atomic E-state index is 0.552. The van der Waals surface area contributed by atoms with Crippen molar-refractivity contribution in [3.8, 4) is 0 Å². The Bertz CT molecular complexity index is 342. The molecule has 2 heterocycles. The van der Waals surface area contributed by atoms with E-state index in [-0.39, 0.29) is 0 Å².